The Morgan fingerprint density at radius 2 is 2.14 bits per heavy atom. The van der Waals surface area contributed by atoms with Gasteiger partial charge in [0, 0.05) is 49.2 Å². The molecule has 3 N–H and O–H groups in total. The average Bonchev–Trinajstić information content (AvgIpc) is 3.38. The molecule has 1 aliphatic heterocycles. The van der Waals surface area contributed by atoms with Crippen LogP contribution in [0.3, 0.4) is 0 Å². The lowest BCUT2D eigenvalue weighted by Gasteiger charge is -2.29. The number of amides is 1. The molecule has 11 heteroatoms. The number of nitrogens with one attached hydrogen (secondary N) is 3. The highest BCUT2D eigenvalue weighted by molar-refractivity contribution is 7.98. The molecular weight excluding hydrogens is 478 g/mol. The van der Waals surface area contributed by atoms with E-state index in [0.717, 1.165) is 53.3 Å². The number of anilines is 3. The maximum atomic E-state index is 11.8. The molecule has 2 aromatic heterocycles. The minimum absolute atomic E-state index is 0.162. The molecule has 1 aliphatic rings. The molecule has 0 aliphatic carbocycles. The van der Waals surface area contributed by atoms with Gasteiger partial charge in [-0.05, 0) is 23.8 Å². The van der Waals surface area contributed by atoms with Crippen molar-refractivity contribution in [2.45, 2.75) is 30.8 Å². The standard InChI is InChI=1S/C25H31N7O3S/c1-3-10-35-25(33)28-19-7-5-6-18(13-19)16-26-23-15-21(32-8-11-34-12-9-32)14-20(27-23)17-36-24-29-22(4-2)30-31-24/h3,5-7,13-15H,1,4,8-12,16-17H2,2H3,(H,26,27)(H,28,33)(H,29,30,31). The van der Waals surface area contributed by atoms with E-state index < -0.39 is 6.09 Å². The van der Waals surface area contributed by atoms with Crippen LogP contribution in [-0.4, -0.2) is 59.2 Å². The van der Waals surface area contributed by atoms with Crippen LogP contribution >= 0.6 is 11.8 Å². The third-order valence-electron chi connectivity index (χ3n) is 5.41. The molecule has 3 heterocycles. The van der Waals surface area contributed by atoms with Crippen LogP contribution in [0.5, 0.6) is 0 Å². The summed E-state index contributed by atoms with van der Waals surface area (Å²) in [5.74, 6) is 2.31. The van der Waals surface area contributed by atoms with E-state index in [1.54, 1.807) is 11.8 Å². The van der Waals surface area contributed by atoms with Crippen LogP contribution in [-0.2, 0) is 28.2 Å². The second kappa shape index (κ2) is 12.9. The van der Waals surface area contributed by atoms with E-state index >= 15 is 0 Å². The predicted octanol–water partition coefficient (Wildman–Crippen LogP) is 4.24. The van der Waals surface area contributed by atoms with Crippen molar-refractivity contribution in [1.82, 2.24) is 20.2 Å². The van der Waals surface area contributed by atoms with Crippen LogP contribution in [0.15, 0.2) is 54.2 Å². The zero-order valence-electron chi connectivity index (χ0n) is 20.3. The van der Waals surface area contributed by atoms with E-state index in [1.807, 2.05) is 31.2 Å². The van der Waals surface area contributed by atoms with Crippen molar-refractivity contribution in [1.29, 1.82) is 0 Å². The van der Waals surface area contributed by atoms with E-state index in [0.29, 0.717) is 31.2 Å². The quantitative estimate of drug-likeness (QED) is 0.258. The molecule has 4 rings (SSSR count). The summed E-state index contributed by atoms with van der Waals surface area (Å²) >= 11 is 1.56. The summed E-state index contributed by atoms with van der Waals surface area (Å²) in [7, 11) is 0. The average molecular weight is 510 g/mol. The maximum absolute atomic E-state index is 11.8. The smallest absolute Gasteiger partial charge is 0.411 e. The second-order valence-corrected chi connectivity index (χ2v) is 9.02. The number of pyridine rings is 1. The number of rotatable bonds is 11. The number of ether oxygens (including phenoxy) is 2. The van der Waals surface area contributed by atoms with Gasteiger partial charge in [0.15, 0.2) is 0 Å². The van der Waals surface area contributed by atoms with Crippen molar-refractivity contribution >= 4 is 35.0 Å². The third-order valence-corrected chi connectivity index (χ3v) is 6.29. The first-order chi connectivity index (χ1) is 17.6. The highest BCUT2D eigenvalue weighted by Crippen LogP contribution is 2.26. The molecule has 3 aromatic rings. The minimum Gasteiger partial charge on any atom is -0.445 e. The van der Waals surface area contributed by atoms with E-state index in [9.17, 15) is 4.79 Å². The van der Waals surface area contributed by atoms with Crippen LogP contribution in [0.1, 0.15) is 24.0 Å². The number of hydrogen-bond acceptors (Lipinski definition) is 9. The normalized spacial score (nSPS) is 13.3. The van der Waals surface area contributed by atoms with E-state index in [4.69, 9.17) is 14.5 Å². The van der Waals surface area contributed by atoms with Crippen molar-refractivity contribution < 1.29 is 14.3 Å². The monoisotopic (exact) mass is 509 g/mol. The van der Waals surface area contributed by atoms with Gasteiger partial charge < -0.3 is 19.7 Å². The topological polar surface area (TPSA) is 117 Å². The fourth-order valence-electron chi connectivity index (χ4n) is 3.62. The molecule has 0 atom stereocenters. The summed E-state index contributed by atoms with van der Waals surface area (Å²) in [5.41, 5.74) is 3.71. The van der Waals surface area contributed by atoms with E-state index in [2.05, 4.69) is 49.4 Å². The van der Waals surface area contributed by atoms with Gasteiger partial charge >= 0.3 is 6.09 Å². The fraction of sp³-hybridized carbons (Fsp3) is 0.360. The Morgan fingerprint density at radius 1 is 1.28 bits per heavy atom. The van der Waals surface area contributed by atoms with Crippen LogP contribution in [0.4, 0.5) is 22.0 Å². The van der Waals surface area contributed by atoms with Gasteiger partial charge in [-0.1, -0.05) is 43.5 Å². The highest BCUT2D eigenvalue weighted by Gasteiger charge is 2.15. The summed E-state index contributed by atoms with van der Waals surface area (Å²) < 4.78 is 10.5. The molecule has 0 spiro atoms. The van der Waals surface area contributed by atoms with Gasteiger partial charge in [0.05, 0.1) is 18.9 Å². The molecular formula is C25H31N7O3S. The van der Waals surface area contributed by atoms with Gasteiger partial charge in [0.2, 0.25) is 5.16 Å². The Bertz CT molecular complexity index is 1160. The van der Waals surface area contributed by atoms with Crippen molar-refractivity contribution in [3.63, 3.8) is 0 Å². The zero-order chi connectivity index (χ0) is 25.2. The van der Waals surface area contributed by atoms with Crippen molar-refractivity contribution in [2.24, 2.45) is 0 Å². The second-order valence-electron chi connectivity index (χ2n) is 8.07. The molecule has 1 fully saturated rings. The van der Waals surface area contributed by atoms with Crippen molar-refractivity contribution in [3.8, 4) is 0 Å². The summed E-state index contributed by atoms with van der Waals surface area (Å²) in [6.45, 7) is 9.39. The zero-order valence-corrected chi connectivity index (χ0v) is 21.1. The van der Waals surface area contributed by atoms with Gasteiger partial charge in [0.25, 0.3) is 0 Å². The lowest BCUT2D eigenvalue weighted by molar-refractivity contribution is 0.122. The Kier molecular flexibility index (Phi) is 9.17. The number of hydrogen-bond donors (Lipinski definition) is 3. The van der Waals surface area contributed by atoms with E-state index in [1.165, 1.54) is 6.08 Å². The lowest BCUT2D eigenvalue weighted by Crippen LogP contribution is -2.36. The van der Waals surface area contributed by atoms with Gasteiger partial charge in [-0.15, -0.1) is 5.10 Å². The molecule has 0 bridgehead atoms. The molecule has 36 heavy (non-hydrogen) atoms. The van der Waals surface area contributed by atoms with Crippen LogP contribution in [0, 0.1) is 0 Å². The van der Waals surface area contributed by atoms with Gasteiger partial charge in [-0.3, -0.25) is 10.4 Å². The number of carbonyl (C=O) groups excluding carboxylic acids is 1. The van der Waals surface area contributed by atoms with Crippen LogP contribution in [0.2, 0.25) is 0 Å². The first-order valence-electron chi connectivity index (χ1n) is 11.9. The number of morpholine rings is 1. The summed E-state index contributed by atoms with van der Waals surface area (Å²) in [5, 5.41) is 14.1. The van der Waals surface area contributed by atoms with Crippen molar-refractivity contribution in [3.05, 3.63) is 66.1 Å². The summed E-state index contributed by atoms with van der Waals surface area (Å²) in [4.78, 5) is 23.5. The van der Waals surface area contributed by atoms with E-state index in [-0.39, 0.29) is 6.61 Å². The Hall–Kier alpha value is -3.57. The summed E-state index contributed by atoms with van der Waals surface area (Å²) in [6.07, 6.45) is 1.83. The molecule has 10 nitrogen and oxygen atoms in total. The Labute approximate surface area is 214 Å². The number of nitrogens with zero attached hydrogens (tertiary/aromatic N) is 4. The SMILES string of the molecule is C=CCOC(=O)Nc1cccc(CNc2cc(N3CCOCC3)cc(CSc3n[nH]c(CC)n3)n2)c1. The maximum Gasteiger partial charge on any atom is 0.411 e. The number of benzene rings is 1. The predicted molar refractivity (Wildman–Crippen MR) is 142 cm³/mol. The molecule has 1 aromatic carbocycles. The first kappa shape index (κ1) is 25.5. The number of carbonyl (C=O) groups is 1. The third kappa shape index (κ3) is 7.46. The number of thioether (sulfide) groups is 1. The molecule has 0 saturated carbocycles. The Balaban J connectivity index is 1.45. The first-order valence-corrected chi connectivity index (χ1v) is 12.9. The molecule has 190 valence electrons. The summed E-state index contributed by atoms with van der Waals surface area (Å²) in [6, 6.07) is 11.8. The van der Waals surface area contributed by atoms with Crippen LogP contribution in [0.25, 0.3) is 0 Å². The lowest BCUT2D eigenvalue weighted by atomic mass is 10.2. The highest BCUT2D eigenvalue weighted by atomic mass is 32.2. The van der Waals surface area contributed by atoms with Gasteiger partial charge in [-0.2, -0.15) is 0 Å². The van der Waals surface area contributed by atoms with Gasteiger partial charge in [-0.25, -0.2) is 14.8 Å². The minimum atomic E-state index is -0.514. The molecule has 0 unspecified atom stereocenters. The van der Waals surface area contributed by atoms with Gasteiger partial charge in [0.1, 0.15) is 18.2 Å². The molecule has 1 saturated heterocycles. The molecule has 0 radical (unpaired) electrons. The number of aryl methyl sites for hydroxylation is 1. The number of aromatic amines is 1. The van der Waals surface area contributed by atoms with Crippen LogP contribution < -0.4 is 15.5 Å². The molecule has 1 amide bonds. The van der Waals surface area contributed by atoms with Crippen molar-refractivity contribution in [2.75, 3.05) is 48.4 Å². The number of H-pyrrole nitrogens is 1. The number of aromatic nitrogens is 4. The Morgan fingerprint density at radius 3 is 2.92 bits per heavy atom. The largest absolute Gasteiger partial charge is 0.445 e. The fourth-order valence-corrected chi connectivity index (χ4v) is 4.33.